The molecule has 1 N–H and O–H groups in total. The van der Waals surface area contributed by atoms with Crippen LogP contribution >= 0.6 is 0 Å². The van der Waals surface area contributed by atoms with Crippen LogP contribution in [0.3, 0.4) is 0 Å². The van der Waals surface area contributed by atoms with Gasteiger partial charge in [0.05, 0.1) is 12.0 Å². The standard InChI is InChI=1S/C12H16N2O4/c1-12(2,11(15)18-3)13-8-9-6-4-5-7-10(9)14(16)17/h4-7,13H,8H2,1-3H3. The summed E-state index contributed by atoms with van der Waals surface area (Å²) in [5.74, 6) is -0.416. The molecule has 0 saturated carbocycles. The molecule has 0 aliphatic carbocycles. The summed E-state index contributed by atoms with van der Waals surface area (Å²) in [6.45, 7) is 3.54. The van der Waals surface area contributed by atoms with Gasteiger partial charge in [0.25, 0.3) is 5.69 Å². The number of nitrogens with zero attached hydrogens (tertiary/aromatic N) is 1. The van der Waals surface area contributed by atoms with Gasteiger partial charge in [-0.15, -0.1) is 0 Å². The van der Waals surface area contributed by atoms with Crippen molar-refractivity contribution in [3.8, 4) is 0 Å². The smallest absolute Gasteiger partial charge is 0.325 e. The zero-order valence-electron chi connectivity index (χ0n) is 10.6. The second-order valence-electron chi connectivity index (χ2n) is 4.36. The van der Waals surface area contributed by atoms with E-state index in [-0.39, 0.29) is 12.2 Å². The van der Waals surface area contributed by atoms with Crippen LogP contribution in [0.4, 0.5) is 5.69 Å². The number of nitrogens with one attached hydrogen (secondary N) is 1. The number of hydrogen-bond donors (Lipinski definition) is 1. The summed E-state index contributed by atoms with van der Waals surface area (Å²) in [6.07, 6.45) is 0. The summed E-state index contributed by atoms with van der Waals surface area (Å²) in [4.78, 5) is 21.8. The molecule has 6 nitrogen and oxygen atoms in total. The molecule has 0 aliphatic heterocycles. The maximum Gasteiger partial charge on any atom is 0.325 e. The maximum atomic E-state index is 11.5. The average molecular weight is 252 g/mol. The molecular weight excluding hydrogens is 236 g/mol. The lowest BCUT2D eigenvalue weighted by Gasteiger charge is -2.23. The van der Waals surface area contributed by atoms with Crippen molar-refractivity contribution in [2.75, 3.05) is 7.11 Å². The van der Waals surface area contributed by atoms with E-state index < -0.39 is 16.4 Å². The van der Waals surface area contributed by atoms with E-state index in [1.54, 1.807) is 32.0 Å². The van der Waals surface area contributed by atoms with Gasteiger partial charge >= 0.3 is 5.97 Å². The number of hydrogen-bond acceptors (Lipinski definition) is 5. The van der Waals surface area contributed by atoms with Crippen LogP contribution in [-0.2, 0) is 16.1 Å². The Morgan fingerprint density at radius 2 is 2.06 bits per heavy atom. The lowest BCUT2D eigenvalue weighted by atomic mass is 10.1. The van der Waals surface area contributed by atoms with Gasteiger partial charge < -0.3 is 4.74 Å². The van der Waals surface area contributed by atoms with Crippen LogP contribution in [0, 0.1) is 10.1 Å². The van der Waals surface area contributed by atoms with Crippen molar-refractivity contribution in [1.29, 1.82) is 0 Å². The van der Waals surface area contributed by atoms with Crippen molar-refractivity contribution in [1.82, 2.24) is 5.32 Å². The number of esters is 1. The van der Waals surface area contributed by atoms with Crippen LogP contribution in [0.25, 0.3) is 0 Å². The minimum atomic E-state index is -0.890. The summed E-state index contributed by atoms with van der Waals surface area (Å²) < 4.78 is 4.65. The highest BCUT2D eigenvalue weighted by molar-refractivity contribution is 5.79. The Labute approximate surface area is 105 Å². The normalized spacial score (nSPS) is 11.1. The maximum absolute atomic E-state index is 11.5. The van der Waals surface area contributed by atoms with Crippen molar-refractivity contribution < 1.29 is 14.5 Å². The van der Waals surface area contributed by atoms with Crippen LogP contribution in [0.2, 0.25) is 0 Å². The number of nitro benzene ring substituents is 1. The van der Waals surface area contributed by atoms with E-state index in [4.69, 9.17) is 0 Å². The number of methoxy groups -OCH3 is 1. The quantitative estimate of drug-likeness (QED) is 0.489. The largest absolute Gasteiger partial charge is 0.468 e. The van der Waals surface area contributed by atoms with E-state index in [2.05, 4.69) is 10.1 Å². The summed E-state index contributed by atoms with van der Waals surface area (Å²) in [5, 5.41) is 13.8. The zero-order valence-corrected chi connectivity index (χ0v) is 10.6. The zero-order chi connectivity index (χ0) is 13.8. The number of carbonyl (C=O) groups is 1. The van der Waals surface area contributed by atoms with Crippen molar-refractivity contribution in [2.45, 2.75) is 25.9 Å². The van der Waals surface area contributed by atoms with Crippen molar-refractivity contribution in [3.63, 3.8) is 0 Å². The average Bonchev–Trinajstić information content (AvgIpc) is 2.35. The molecular formula is C12H16N2O4. The van der Waals surface area contributed by atoms with Crippen LogP contribution in [0.15, 0.2) is 24.3 Å². The molecule has 0 heterocycles. The van der Waals surface area contributed by atoms with Crippen molar-refractivity contribution in [3.05, 3.63) is 39.9 Å². The van der Waals surface area contributed by atoms with Gasteiger partial charge in [-0.2, -0.15) is 0 Å². The molecule has 98 valence electrons. The molecule has 1 aromatic carbocycles. The number of rotatable bonds is 5. The van der Waals surface area contributed by atoms with Gasteiger partial charge in [-0.25, -0.2) is 0 Å². The Kier molecular flexibility index (Phi) is 4.38. The molecule has 0 amide bonds. The predicted molar refractivity (Wildman–Crippen MR) is 66.0 cm³/mol. The number of nitro groups is 1. The van der Waals surface area contributed by atoms with E-state index in [0.717, 1.165) is 0 Å². The summed E-state index contributed by atoms with van der Waals surface area (Å²) in [7, 11) is 1.30. The third kappa shape index (κ3) is 3.27. The van der Waals surface area contributed by atoms with Gasteiger partial charge in [-0.05, 0) is 13.8 Å². The lowest BCUT2D eigenvalue weighted by Crippen LogP contribution is -2.47. The molecule has 0 fully saturated rings. The van der Waals surface area contributed by atoms with E-state index in [0.29, 0.717) is 5.56 Å². The number of benzene rings is 1. The Hall–Kier alpha value is -1.95. The predicted octanol–water partition coefficient (Wildman–Crippen LogP) is 1.64. The molecule has 0 unspecified atom stereocenters. The third-order valence-electron chi connectivity index (χ3n) is 2.60. The molecule has 0 aliphatic rings. The van der Waals surface area contributed by atoms with Gasteiger partial charge in [-0.3, -0.25) is 20.2 Å². The molecule has 0 spiro atoms. The first kappa shape index (κ1) is 14.1. The van der Waals surface area contributed by atoms with Crippen molar-refractivity contribution >= 4 is 11.7 Å². The summed E-state index contributed by atoms with van der Waals surface area (Å²) >= 11 is 0. The Balaban J connectivity index is 2.81. The monoisotopic (exact) mass is 252 g/mol. The van der Waals surface area contributed by atoms with Gasteiger partial charge in [0.1, 0.15) is 5.54 Å². The number of para-hydroxylation sites is 1. The minimum Gasteiger partial charge on any atom is -0.468 e. The van der Waals surface area contributed by atoms with Gasteiger partial charge in [0.15, 0.2) is 0 Å². The molecule has 0 aromatic heterocycles. The molecule has 1 aromatic rings. The molecule has 0 saturated heterocycles. The lowest BCUT2D eigenvalue weighted by molar-refractivity contribution is -0.385. The fraction of sp³-hybridized carbons (Fsp3) is 0.417. The van der Waals surface area contributed by atoms with Gasteiger partial charge in [-0.1, -0.05) is 18.2 Å². The molecule has 0 bridgehead atoms. The second kappa shape index (κ2) is 5.59. The fourth-order valence-electron chi connectivity index (χ4n) is 1.48. The van der Waals surface area contributed by atoms with E-state index >= 15 is 0 Å². The van der Waals surface area contributed by atoms with Gasteiger partial charge in [0, 0.05) is 18.2 Å². The van der Waals surface area contributed by atoms with Gasteiger partial charge in [0.2, 0.25) is 0 Å². The van der Waals surface area contributed by atoms with Crippen molar-refractivity contribution in [2.24, 2.45) is 0 Å². The van der Waals surface area contributed by atoms with E-state index in [1.807, 2.05) is 0 Å². The number of carbonyl (C=O) groups excluding carboxylic acids is 1. The van der Waals surface area contributed by atoms with E-state index in [1.165, 1.54) is 13.2 Å². The van der Waals surface area contributed by atoms with Crippen LogP contribution in [0.5, 0.6) is 0 Å². The minimum absolute atomic E-state index is 0.0330. The molecule has 1 rings (SSSR count). The topological polar surface area (TPSA) is 81.5 Å². The Morgan fingerprint density at radius 3 is 2.61 bits per heavy atom. The Morgan fingerprint density at radius 1 is 1.44 bits per heavy atom. The number of ether oxygens (including phenoxy) is 1. The first-order valence-corrected chi connectivity index (χ1v) is 5.44. The first-order chi connectivity index (χ1) is 8.38. The summed E-state index contributed by atoms with van der Waals surface area (Å²) in [5.41, 5.74) is -0.330. The first-order valence-electron chi connectivity index (χ1n) is 5.44. The third-order valence-corrected chi connectivity index (χ3v) is 2.60. The van der Waals surface area contributed by atoms with Crippen LogP contribution in [0.1, 0.15) is 19.4 Å². The van der Waals surface area contributed by atoms with Crippen LogP contribution in [-0.4, -0.2) is 23.5 Å². The SMILES string of the molecule is COC(=O)C(C)(C)NCc1ccccc1[N+](=O)[O-]. The highest BCUT2D eigenvalue weighted by atomic mass is 16.6. The second-order valence-corrected chi connectivity index (χ2v) is 4.36. The highest BCUT2D eigenvalue weighted by Gasteiger charge is 2.28. The molecule has 6 heteroatoms. The fourth-order valence-corrected chi connectivity index (χ4v) is 1.48. The Bertz CT molecular complexity index is 457. The molecule has 18 heavy (non-hydrogen) atoms. The summed E-state index contributed by atoms with van der Waals surface area (Å²) in [6, 6.07) is 6.41. The highest BCUT2D eigenvalue weighted by Crippen LogP contribution is 2.18. The van der Waals surface area contributed by atoms with Crippen LogP contribution < -0.4 is 5.32 Å². The van der Waals surface area contributed by atoms with E-state index in [9.17, 15) is 14.9 Å². The molecule has 0 radical (unpaired) electrons. The molecule has 0 atom stereocenters.